The summed E-state index contributed by atoms with van der Waals surface area (Å²) in [6.45, 7) is 0.783. The number of aliphatic hydroxyl groups excluding tert-OH is 1. The number of carbonyl (C=O) groups excluding carboxylic acids is 1. The van der Waals surface area contributed by atoms with Crippen molar-refractivity contribution < 1.29 is 9.90 Å². The van der Waals surface area contributed by atoms with Crippen LogP contribution in [0, 0.1) is 17.8 Å². The van der Waals surface area contributed by atoms with Crippen molar-refractivity contribution in [3.8, 4) is 11.8 Å². The maximum atomic E-state index is 11.9. The highest BCUT2D eigenvalue weighted by Gasteiger charge is 2.15. The lowest BCUT2D eigenvalue weighted by molar-refractivity contribution is 0.0946. The predicted molar refractivity (Wildman–Crippen MR) is 81.7 cm³/mol. The zero-order valence-electron chi connectivity index (χ0n) is 12.3. The Morgan fingerprint density at radius 3 is 2.86 bits per heavy atom. The first-order valence-electron chi connectivity index (χ1n) is 7.63. The smallest absolute Gasteiger partial charge is 0.269 e. The van der Waals surface area contributed by atoms with Gasteiger partial charge in [-0.2, -0.15) is 0 Å². The van der Waals surface area contributed by atoms with Crippen molar-refractivity contribution in [3.05, 3.63) is 29.6 Å². The van der Waals surface area contributed by atoms with Crippen molar-refractivity contribution in [2.24, 2.45) is 5.92 Å². The van der Waals surface area contributed by atoms with Crippen LogP contribution in [0.2, 0.25) is 0 Å². The van der Waals surface area contributed by atoms with E-state index in [1.165, 1.54) is 25.7 Å². The fraction of sp³-hybridized carbons (Fsp3) is 0.529. The zero-order valence-corrected chi connectivity index (χ0v) is 12.3. The summed E-state index contributed by atoms with van der Waals surface area (Å²) in [5.74, 6) is 6.37. The van der Waals surface area contributed by atoms with Crippen LogP contribution >= 0.6 is 0 Å². The molecule has 1 saturated carbocycles. The lowest BCUT2D eigenvalue weighted by Crippen LogP contribution is -2.26. The van der Waals surface area contributed by atoms with Crippen molar-refractivity contribution in [2.75, 3.05) is 13.2 Å². The summed E-state index contributed by atoms with van der Waals surface area (Å²) in [5.41, 5.74) is 1.18. The van der Waals surface area contributed by atoms with Crippen molar-refractivity contribution in [1.82, 2.24) is 10.3 Å². The molecule has 0 atom stereocenters. The van der Waals surface area contributed by atoms with Gasteiger partial charge in [0.05, 0.1) is 6.61 Å². The van der Waals surface area contributed by atoms with Gasteiger partial charge in [-0.05, 0) is 24.5 Å². The largest absolute Gasteiger partial charge is 0.395 e. The van der Waals surface area contributed by atoms with E-state index in [1.807, 2.05) is 0 Å². The SMILES string of the molecule is O=C(NCCC1CCCC1)c1ccc(C#CCCO)cn1. The predicted octanol–water partition coefficient (Wildman–Crippen LogP) is 2.13. The van der Waals surface area contributed by atoms with E-state index >= 15 is 0 Å². The maximum absolute atomic E-state index is 11.9. The lowest BCUT2D eigenvalue weighted by atomic mass is 10.0. The molecule has 0 aromatic carbocycles. The van der Waals surface area contributed by atoms with E-state index in [4.69, 9.17) is 5.11 Å². The molecule has 0 saturated heterocycles. The number of pyridine rings is 1. The Bertz CT molecular complexity index is 508. The topological polar surface area (TPSA) is 62.2 Å². The summed E-state index contributed by atoms with van der Waals surface area (Å²) in [7, 11) is 0. The molecular weight excluding hydrogens is 264 g/mol. The average molecular weight is 286 g/mol. The molecule has 4 heteroatoms. The molecule has 1 heterocycles. The molecule has 1 amide bonds. The first kappa shape index (κ1) is 15.5. The molecule has 1 aliphatic rings. The summed E-state index contributed by atoms with van der Waals surface area (Å²) in [4.78, 5) is 16.1. The minimum absolute atomic E-state index is 0.0575. The average Bonchev–Trinajstić information content (AvgIpc) is 3.01. The molecule has 2 N–H and O–H groups in total. The molecule has 1 aromatic rings. The van der Waals surface area contributed by atoms with Crippen molar-refractivity contribution in [1.29, 1.82) is 0 Å². The van der Waals surface area contributed by atoms with Crippen LogP contribution in [0.25, 0.3) is 0 Å². The Hall–Kier alpha value is -1.86. The summed E-state index contributed by atoms with van der Waals surface area (Å²) in [5, 5.41) is 11.6. The molecule has 0 radical (unpaired) electrons. The van der Waals surface area contributed by atoms with E-state index < -0.39 is 0 Å². The molecule has 21 heavy (non-hydrogen) atoms. The maximum Gasteiger partial charge on any atom is 0.269 e. The molecule has 0 spiro atoms. The molecule has 0 unspecified atom stereocenters. The first-order valence-corrected chi connectivity index (χ1v) is 7.63. The molecular formula is C17H22N2O2. The lowest BCUT2D eigenvalue weighted by Gasteiger charge is -2.09. The quantitative estimate of drug-likeness (QED) is 0.815. The van der Waals surface area contributed by atoms with Gasteiger partial charge in [-0.15, -0.1) is 0 Å². The number of nitrogens with zero attached hydrogens (tertiary/aromatic N) is 1. The number of nitrogens with one attached hydrogen (secondary N) is 1. The Kier molecular flexibility index (Phi) is 6.23. The number of aromatic nitrogens is 1. The van der Waals surface area contributed by atoms with Crippen LogP contribution in [0.4, 0.5) is 0 Å². The highest BCUT2D eigenvalue weighted by molar-refractivity contribution is 5.92. The van der Waals surface area contributed by atoms with E-state index in [-0.39, 0.29) is 12.5 Å². The normalized spacial score (nSPS) is 14.5. The molecule has 1 aliphatic carbocycles. The Morgan fingerprint density at radius 1 is 1.38 bits per heavy atom. The first-order chi connectivity index (χ1) is 10.3. The van der Waals surface area contributed by atoms with Gasteiger partial charge in [-0.3, -0.25) is 4.79 Å². The molecule has 1 aromatic heterocycles. The van der Waals surface area contributed by atoms with E-state index in [2.05, 4.69) is 22.1 Å². The number of hydrogen-bond acceptors (Lipinski definition) is 3. The van der Waals surface area contributed by atoms with Crippen molar-refractivity contribution in [3.63, 3.8) is 0 Å². The Labute approximate surface area is 126 Å². The van der Waals surface area contributed by atoms with Gasteiger partial charge >= 0.3 is 0 Å². The van der Waals surface area contributed by atoms with Gasteiger partial charge in [0, 0.05) is 24.7 Å². The van der Waals surface area contributed by atoms with Crippen LogP contribution in [0.15, 0.2) is 18.3 Å². The van der Waals surface area contributed by atoms with Crippen molar-refractivity contribution in [2.45, 2.75) is 38.5 Å². The van der Waals surface area contributed by atoms with Gasteiger partial charge in [0.2, 0.25) is 0 Å². The third kappa shape index (κ3) is 5.20. The molecule has 4 nitrogen and oxygen atoms in total. The van der Waals surface area contributed by atoms with Crippen LogP contribution in [-0.4, -0.2) is 29.1 Å². The third-order valence-corrected chi connectivity index (χ3v) is 3.78. The van der Waals surface area contributed by atoms with Gasteiger partial charge in [0.25, 0.3) is 5.91 Å². The molecule has 2 rings (SSSR count). The monoisotopic (exact) mass is 286 g/mol. The highest BCUT2D eigenvalue weighted by Crippen LogP contribution is 2.26. The number of aliphatic hydroxyl groups is 1. The molecule has 0 bridgehead atoms. The molecule has 112 valence electrons. The summed E-state index contributed by atoms with van der Waals surface area (Å²) in [6, 6.07) is 3.47. The summed E-state index contributed by atoms with van der Waals surface area (Å²) >= 11 is 0. The highest BCUT2D eigenvalue weighted by atomic mass is 16.2. The van der Waals surface area contributed by atoms with Crippen LogP contribution in [0.1, 0.15) is 54.6 Å². The Balaban J connectivity index is 1.78. The van der Waals surface area contributed by atoms with Crippen LogP contribution in [0.5, 0.6) is 0 Å². The molecule has 0 aliphatic heterocycles. The number of carbonyl (C=O) groups is 1. The fourth-order valence-corrected chi connectivity index (χ4v) is 2.60. The number of hydrogen-bond donors (Lipinski definition) is 2. The minimum atomic E-state index is -0.122. The van der Waals surface area contributed by atoms with Crippen LogP contribution in [0.3, 0.4) is 0 Å². The second kappa shape index (κ2) is 8.43. The van der Waals surface area contributed by atoms with E-state index in [0.717, 1.165) is 24.4 Å². The second-order valence-corrected chi connectivity index (χ2v) is 5.40. The van der Waals surface area contributed by atoms with Crippen LogP contribution in [-0.2, 0) is 0 Å². The zero-order chi connectivity index (χ0) is 14.9. The van der Waals surface area contributed by atoms with Gasteiger partial charge in [0.15, 0.2) is 0 Å². The summed E-state index contributed by atoms with van der Waals surface area (Å²) < 4.78 is 0. The van der Waals surface area contributed by atoms with Gasteiger partial charge < -0.3 is 10.4 Å². The Morgan fingerprint density at radius 2 is 2.19 bits per heavy atom. The minimum Gasteiger partial charge on any atom is -0.395 e. The van der Waals surface area contributed by atoms with Crippen molar-refractivity contribution >= 4 is 5.91 Å². The van der Waals surface area contributed by atoms with Gasteiger partial charge in [-0.1, -0.05) is 37.5 Å². The second-order valence-electron chi connectivity index (χ2n) is 5.40. The third-order valence-electron chi connectivity index (χ3n) is 3.78. The fourth-order valence-electron chi connectivity index (χ4n) is 2.60. The van der Waals surface area contributed by atoms with Gasteiger partial charge in [0.1, 0.15) is 5.69 Å². The van der Waals surface area contributed by atoms with Gasteiger partial charge in [-0.25, -0.2) is 4.98 Å². The standard InChI is InChI=1S/C17H22N2O2/c20-12-4-3-7-15-8-9-16(19-13-15)17(21)18-11-10-14-5-1-2-6-14/h8-9,13-14,20H,1-2,4-6,10-12H2,(H,18,21). The number of amides is 1. The van der Waals surface area contributed by atoms with E-state index in [1.54, 1.807) is 18.3 Å². The number of rotatable bonds is 5. The van der Waals surface area contributed by atoms with E-state index in [9.17, 15) is 4.79 Å². The summed E-state index contributed by atoms with van der Waals surface area (Å²) in [6.07, 6.45) is 8.37. The molecule has 1 fully saturated rings. The van der Waals surface area contributed by atoms with E-state index in [0.29, 0.717) is 12.1 Å². The van der Waals surface area contributed by atoms with Crippen LogP contribution < -0.4 is 5.32 Å².